The lowest BCUT2D eigenvalue weighted by atomic mass is 10.1. The zero-order chi connectivity index (χ0) is 13.7. The van der Waals surface area contributed by atoms with Crippen molar-refractivity contribution < 1.29 is 9.90 Å². The van der Waals surface area contributed by atoms with Crippen LogP contribution in [-0.4, -0.2) is 46.3 Å². The normalized spacial score (nSPS) is 19.1. The number of hydrogen-bond donors (Lipinski definition) is 1. The maximum absolute atomic E-state index is 11.9. The number of aryl methyl sites for hydroxylation is 1. The molecule has 2 heterocycles. The minimum atomic E-state index is 0.196. The van der Waals surface area contributed by atoms with E-state index in [1.54, 1.807) is 23.1 Å². The molecular weight excluding hydrogens is 280 g/mol. The first-order valence-electron chi connectivity index (χ1n) is 6.56. The lowest BCUT2D eigenvalue weighted by Gasteiger charge is -2.15. The molecule has 1 atom stereocenters. The van der Waals surface area contributed by atoms with Crippen molar-refractivity contribution in [3.8, 4) is 0 Å². The molecule has 1 aliphatic heterocycles. The van der Waals surface area contributed by atoms with Crippen LogP contribution in [0, 0.1) is 12.8 Å². The van der Waals surface area contributed by atoms with Crippen LogP contribution in [0.2, 0.25) is 0 Å². The van der Waals surface area contributed by atoms with Crippen LogP contribution in [0.3, 0.4) is 0 Å². The van der Waals surface area contributed by atoms with Gasteiger partial charge in [-0.1, -0.05) is 0 Å². The summed E-state index contributed by atoms with van der Waals surface area (Å²) in [5.41, 5.74) is 1.11. The topological polar surface area (TPSA) is 53.4 Å². The summed E-state index contributed by atoms with van der Waals surface area (Å²) in [4.78, 5) is 18.2. The quantitative estimate of drug-likeness (QED) is 0.816. The summed E-state index contributed by atoms with van der Waals surface area (Å²) < 4.78 is 0. The Balaban J connectivity index is 1.62. The van der Waals surface area contributed by atoms with Crippen molar-refractivity contribution in [2.45, 2.75) is 25.5 Å². The molecular formula is C13H20N2O2S2. The summed E-state index contributed by atoms with van der Waals surface area (Å²) in [7, 11) is 0. The summed E-state index contributed by atoms with van der Waals surface area (Å²) in [6.07, 6.45) is 1.53. The van der Waals surface area contributed by atoms with E-state index in [2.05, 4.69) is 10.4 Å². The first-order valence-corrected chi connectivity index (χ1v) is 8.60. The molecule has 1 amide bonds. The van der Waals surface area contributed by atoms with Crippen molar-refractivity contribution in [3.63, 3.8) is 0 Å². The standard InChI is InChI=1S/C13H20N2O2S2/c1-10-14-12(9-19-10)8-18-5-3-13(17)15-4-2-11(6-15)7-16/h9,11,16H,2-8H2,1H3. The molecule has 0 aliphatic carbocycles. The fourth-order valence-electron chi connectivity index (χ4n) is 2.18. The van der Waals surface area contributed by atoms with Gasteiger partial charge in [0.15, 0.2) is 0 Å². The van der Waals surface area contributed by atoms with Gasteiger partial charge in [-0.2, -0.15) is 11.8 Å². The summed E-state index contributed by atoms with van der Waals surface area (Å²) in [6, 6.07) is 0. The van der Waals surface area contributed by atoms with Gasteiger partial charge in [0.25, 0.3) is 0 Å². The van der Waals surface area contributed by atoms with Crippen LogP contribution >= 0.6 is 23.1 Å². The number of carbonyl (C=O) groups is 1. The fourth-order valence-corrected chi connectivity index (χ4v) is 3.72. The fraction of sp³-hybridized carbons (Fsp3) is 0.692. The highest BCUT2D eigenvalue weighted by atomic mass is 32.2. The molecule has 19 heavy (non-hydrogen) atoms. The van der Waals surface area contributed by atoms with Gasteiger partial charge < -0.3 is 10.0 Å². The number of thioether (sulfide) groups is 1. The lowest BCUT2D eigenvalue weighted by molar-refractivity contribution is -0.129. The molecule has 0 aromatic carbocycles. The van der Waals surface area contributed by atoms with Crippen molar-refractivity contribution in [2.24, 2.45) is 5.92 Å². The maximum Gasteiger partial charge on any atom is 0.223 e. The molecule has 2 rings (SSSR count). The Labute approximate surface area is 122 Å². The number of rotatable bonds is 6. The number of amides is 1. The van der Waals surface area contributed by atoms with Gasteiger partial charge in [-0.3, -0.25) is 4.79 Å². The van der Waals surface area contributed by atoms with Gasteiger partial charge in [0, 0.05) is 48.9 Å². The second-order valence-corrected chi connectivity index (χ2v) is 7.00. The highest BCUT2D eigenvalue weighted by Gasteiger charge is 2.24. The Bertz CT molecular complexity index is 423. The Morgan fingerprint density at radius 3 is 3.16 bits per heavy atom. The average molecular weight is 300 g/mol. The molecule has 1 aromatic heterocycles. The van der Waals surface area contributed by atoms with Crippen LogP contribution in [0.1, 0.15) is 23.5 Å². The van der Waals surface area contributed by atoms with E-state index in [0.717, 1.165) is 41.7 Å². The van der Waals surface area contributed by atoms with Gasteiger partial charge in [-0.05, 0) is 13.3 Å². The smallest absolute Gasteiger partial charge is 0.223 e. The number of hydrogen-bond acceptors (Lipinski definition) is 5. The predicted molar refractivity (Wildman–Crippen MR) is 79.4 cm³/mol. The van der Waals surface area contributed by atoms with E-state index < -0.39 is 0 Å². The number of carbonyl (C=O) groups excluding carboxylic acids is 1. The first kappa shape index (κ1) is 14.8. The van der Waals surface area contributed by atoms with Gasteiger partial charge in [0.2, 0.25) is 5.91 Å². The van der Waals surface area contributed by atoms with E-state index >= 15 is 0 Å². The second-order valence-electron chi connectivity index (χ2n) is 4.84. The molecule has 4 nitrogen and oxygen atoms in total. The van der Waals surface area contributed by atoms with E-state index in [-0.39, 0.29) is 18.4 Å². The van der Waals surface area contributed by atoms with Gasteiger partial charge >= 0.3 is 0 Å². The Hall–Kier alpha value is -0.590. The van der Waals surface area contributed by atoms with Gasteiger partial charge in [-0.15, -0.1) is 11.3 Å². The van der Waals surface area contributed by atoms with Crippen molar-refractivity contribution in [1.82, 2.24) is 9.88 Å². The van der Waals surface area contributed by atoms with Crippen LogP contribution in [0.15, 0.2) is 5.38 Å². The third-order valence-corrected chi connectivity index (χ3v) is 5.09. The van der Waals surface area contributed by atoms with E-state index in [1.807, 2.05) is 11.8 Å². The second kappa shape index (κ2) is 7.26. The molecule has 1 saturated heterocycles. The molecule has 1 N–H and O–H groups in total. The van der Waals surface area contributed by atoms with Gasteiger partial charge in [0.1, 0.15) is 0 Å². The minimum absolute atomic E-state index is 0.196. The molecule has 1 aromatic rings. The molecule has 0 saturated carbocycles. The van der Waals surface area contributed by atoms with Crippen LogP contribution in [0.4, 0.5) is 0 Å². The van der Waals surface area contributed by atoms with Crippen LogP contribution in [0.25, 0.3) is 0 Å². The van der Waals surface area contributed by atoms with Crippen molar-refractivity contribution in [2.75, 3.05) is 25.4 Å². The largest absolute Gasteiger partial charge is 0.396 e. The van der Waals surface area contributed by atoms with E-state index in [0.29, 0.717) is 6.42 Å². The summed E-state index contributed by atoms with van der Waals surface area (Å²) >= 11 is 3.43. The molecule has 106 valence electrons. The first-order chi connectivity index (χ1) is 9.19. The van der Waals surface area contributed by atoms with E-state index in [1.165, 1.54) is 0 Å². The van der Waals surface area contributed by atoms with Gasteiger partial charge in [0.05, 0.1) is 10.7 Å². The van der Waals surface area contributed by atoms with Crippen LogP contribution in [-0.2, 0) is 10.5 Å². The number of aliphatic hydroxyl groups excluding tert-OH is 1. The summed E-state index contributed by atoms with van der Waals surface area (Å²) in [5.74, 6) is 2.24. The number of thiazole rings is 1. The average Bonchev–Trinajstić information content (AvgIpc) is 3.03. The summed E-state index contributed by atoms with van der Waals surface area (Å²) in [6.45, 7) is 3.74. The monoisotopic (exact) mass is 300 g/mol. The number of aromatic nitrogens is 1. The third kappa shape index (κ3) is 4.47. The van der Waals surface area contributed by atoms with E-state index in [4.69, 9.17) is 5.11 Å². The van der Waals surface area contributed by atoms with Crippen molar-refractivity contribution in [1.29, 1.82) is 0 Å². The minimum Gasteiger partial charge on any atom is -0.396 e. The lowest BCUT2D eigenvalue weighted by Crippen LogP contribution is -2.29. The predicted octanol–water partition coefficient (Wildman–Crippen LogP) is 1.92. The molecule has 1 unspecified atom stereocenters. The van der Waals surface area contributed by atoms with Gasteiger partial charge in [-0.25, -0.2) is 4.98 Å². The SMILES string of the molecule is Cc1nc(CSCCC(=O)N2CCC(CO)C2)cs1. The van der Waals surface area contributed by atoms with E-state index in [9.17, 15) is 4.79 Å². The molecule has 1 fully saturated rings. The molecule has 0 bridgehead atoms. The third-order valence-electron chi connectivity index (χ3n) is 3.27. The summed E-state index contributed by atoms with van der Waals surface area (Å²) in [5, 5.41) is 12.2. The molecule has 0 spiro atoms. The van der Waals surface area contributed by atoms with Crippen molar-refractivity contribution in [3.05, 3.63) is 16.1 Å². The molecule has 1 aliphatic rings. The number of likely N-dealkylation sites (tertiary alicyclic amines) is 1. The van der Waals surface area contributed by atoms with Crippen LogP contribution < -0.4 is 0 Å². The number of nitrogens with zero attached hydrogens (tertiary/aromatic N) is 2. The zero-order valence-corrected chi connectivity index (χ0v) is 12.8. The molecule has 6 heteroatoms. The Morgan fingerprint density at radius 2 is 2.53 bits per heavy atom. The highest BCUT2D eigenvalue weighted by molar-refractivity contribution is 7.98. The zero-order valence-electron chi connectivity index (χ0n) is 11.2. The molecule has 0 radical (unpaired) electrons. The Kier molecular flexibility index (Phi) is 5.66. The Morgan fingerprint density at radius 1 is 1.68 bits per heavy atom. The van der Waals surface area contributed by atoms with Crippen LogP contribution in [0.5, 0.6) is 0 Å². The maximum atomic E-state index is 11.9. The number of aliphatic hydroxyl groups is 1. The highest BCUT2D eigenvalue weighted by Crippen LogP contribution is 2.19. The van der Waals surface area contributed by atoms with Crippen molar-refractivity contribution >= 4 is 29.0 Å².